The van der Waals surface area contributed by atoms with Gasteiger partial charge in [0.15, 0.2) is 0 Å². The molecule has 54 valence electrons. The Labute approximate surface area is 63.2 Å². The molecular weight excluding hydrogens is 155 g/mol. The van der Waals surface area contributed by atoms with E-state index in [4.69, 9.17) is 11.6 Å². The highest BCUT2D eigenvalue weighted by Crippen LogP contribution is 2.18. The first kappa shape index (κ1) is 7.48. The van der Waals surface area contributed by atoms with Crippen LogP contribution in [-0.4, -0.2) is 11.4 Å². The molecule has 1 rings (SSSR count). The number of alkyl halides is 1. The smallest absolute Gasteiger partial charge is 0.231 e. The summed E-state index contributed by atoms with van der Waals surface area (Å²) in [6, 6.07) is 0. The van der Waals surface area contributed by atoms with E-state index in [1.807, 2.05) is 0 Å². The van der Waals surface area contributed by atoms with Gasteiger partial charge in [0.05, 0.1) is 5.92 Å². The minimum atomic E-state index is -1.25. The molecule has 0 aliphatic heterocycles. The van der Waals surface area contributed by atoms with E-state index in [9.17, 15) is 9.18 Å². The number of allylic oxidation sites excluding steroid dienone is 4. The lowest BCUT2D eigenvalue weighted by atomic mass is 10.0. The fourth-order valence-corrected chi connectivity index (χ4v) is 0.974. The molecule has 0 spiro atoms. The summed E-state index contributed by atoms with van der Waals surface area (Å²) in [7, 11) is 0. The lowest BCUT2D eigenvalue weighted by Gasteiger charge is -2.11. The van der Waals surface area contributed by atoms with Gasteiger partial charge in [-0.15, -0.1) is 0 Å². The van der Waals surface area contributed by atoms with Gasteiger partial charge in [-0.3, -0.25) is 4.79 Å². The summed E-state index contributed by atoms with van der Waals surface area (Å²) in [6.07, 6.45) is 4.68. The Morgan fingerprint density at radius 3 is 2.40 bits per heavy atom. The molecule has 0 heterocycles. The van der Waals surface area contributed by atoms with Gasteiger partial charge in [-0.25, -0.2) is 4.39 Å². The van der Waals surface area contributed by atoms with Crippen molar-refractivity contribution >= 4 is 16.8 Å². The van der Waals surface area contributed by atoms with Crippen LogP contribution in [0.15, 0.2) is 24.3 Å². The van der Waals surface area contributed by atoms with E-state index in [2.05, 4.69) is 0 Å². The molecule has 0 saturated carbocycles. The molecule has 3 heteroatoms. The molecule has 0 aromatic carbocycles. The molecule has 0 saturated heterocycles. The molecule has 2 unspecified atom stereocenters. The summed E-state index contributed by atoms with van der Waals surface area (Å²) in [5.74, 6) is -0.785. The number of hydrogen-bond donors (Lipinski definition) is 0. The molecule has 1 nitrogen and oxygen atoms in total. The minimum absolute atomic E-state index is 0.645. The largest absolute Gasteiger partial charge is 0.281 e. The van der Waals surface area contributed by atoms with Gasteiger partial charge in [0.1, 0.15) is 6.17 Å². The average Bonchev–Trinajstić information content (AvgIpc) is 1.88. The summed E-state index contributed by atoms with van der Waals surface area (Å²) >= 11 is 5.09. The molecule has 0 aromatic rings. The number of carbonyl (C=O) groups is 1. The predicted molar refractivity (Wildman–Crippen MR) is 37.5 cm³/mol. The van der Waals surface area contributed by atoms with Crippen molar-refractivity contribution in [1.29, 1.82) is 0 Å². The standard InChI is InChI=1S/C7H6ClFO/c8-7(10)5-3-1-2-4-6(5)9/h1-6H. The third-order valence-corrected chi connectivity index (χ3v) is 1.58. The Balaban J connectivity index is 2.70. The third-order valence-electron chi connectivity index (χ3n) is 1.33. The molecule has 0 aromatic heterocycles. The summed E-state index contributed by atoms with van der Waals surface area (Å²) in [6.45, 7) is 0. The zero-order valence-electron chi connectivity index (χ0n) is 5.13. The zero-order valence-corrected chi connectivity index (χ0v) is 5.88. The lowest BCUT2D eigenvalue weighted by molar-refractivity contribution is -0.114. The van der Waals surface area contributed by atoms with E-state index in [-0.39, 0.29) is 0 Å². The fourth-order valence-electron chi connectivity index (χ4n) is 0.781. The van der Waals surface area contributed by atoms with Crippen molar-refractivity contribution in [2.45, 2.75) is 6.17 Å². The highest BCUT2D eigenvalue weighted by atomic mass is 35.5. The Kier molecular flexibility index (Phi) is 2.22. The molecule has 10 heavy (non-hydrogen) atoms. The van der Waals surface area contributed by atoms with Gasteiger partial charge in [0, 0.05) is 0 Å². The van der Waals surface area contributed by atoms with Crippen LogP contribution < -0.4 is 0 Å². The van der Waals surface area contributed by atoms with Crippen LogP contribution in [0.1, 0.15) is 0 Å². The monoisotopic (exact) mass is 160 g/mol. The number of halogens is 2. The van der Waals surface area contributed by atoms with Crippen LogP contribution in [0.2, 0.25) is 0 Å². The predicted octanol–water partition coefficient (Wildman–Crippen LogP) is 1.83. The van der Waals surface area contributed by atoms with Gasteiger partial charge in [-0.2, -0.15) is 0 Å². The van der Waals surface area contributed by atoms with E-state index >= 15 is 0 Å². The van der Waals surface area contributed by atoms with Crippen LogP contribution in [0.5, 0.6) is 0 Å². The SMILES string of the molecule is O=C(Cl)C1C=CC=CC1F. The summed E-state index contributed by atoms with van der Waals surface area (Å²) in [4.78, 5) is 10.4. The van der Waals surface area contributed by atoms with E-state index in [1.165, 1.54) is 12.2 Å². The van der Waals surface area contributed by atoms with Crippen molar-refractivity contribution < 1.29 is 9.18 Å². The van der Waals surface area contributed by atoms with E-state index in [0.29, 0.717) is 0 Å². The Hall–Kier alpha value is -0.630. The van der Waals surface area contributed by atoms with Gasteiger partial charge in [-0.05, 0) is 17.7 Å². The molecule has 0 radical (unpaired) electrons. The summed E-state index contributed by atoms with van der Waals surface area (Å²) in [5, 5.41) is -0.645. The minimum Gasteiger partial charge on any atom is -0.281 e. The van der Waals surface area contributed by atoms with Crippen molar-refractivity contribution in [3.8, 4) is 0 Å². The van der Waals surface area contributed by atoms with Crippen LogP contribution in [0.3, 0.4) is 0 Å². The van der Waals surface area contributed by atoms with Crippen molar-refractivity contribution in [2.75, 3.05) is 0 Å². The van der Waals surface area contributed by atoms with E-state index < -0.39 is 17.3 Å². The molecule has 0 fully saturated rings. The van der Waals surface area contributed by atoms with Crippen molar-refractivity contribution in [1.82, 2.24) is 0 Å². The van der Waals surface area contributed by atoms with E-state index in [0.717, 1.165) is 0 Å². The Morgan fingerprint density at radius 1 is 1.40 bits per heavy atom. The summed E-state index contributed by atoms with van der Waals surface area (Å²) in [5.41, 5.74) is 0. The van der Waals surface area contributed by atoms with Crippen molar-refractivity contribution in [3.05, 3.63) is 24.3 Å². The normalized spacial score (nSPS) is 30.6. The van der Waals surface area contributed by atoms with Gasteiger partial charge in [0.25, 0.3) is 0 Å². The lowest BCUT2D eigenvalue weighted by Crippen LogP contribution is -2.19. The molecule has 0 amide bonds. The van der Waals surface area contributed by atoms with Gasteiger partial charge in [0.2, 0.25) is 5.24 Å². The first-order valence-corrected chi connectivity index (χ1v) is 3.28. The van der Waals surface area contributed by atoms with Crippen LogP contribution in [0.25, 0.3) is 0 Å². The number of hydrogen-bond acceptors (Lipinski definition) is 1. The molecule has 1 aliphatic carbocycles. The van der Waals surface area contributed by atoms with E-state index in [1.54, 1.807) is 12.2 Å². The maximum atomic E-state index is 12.7. The second kappa shape index (κ2) is 2.97. The zero-order chi connectivity index (χ0) is 7.56. The van der Waals surface area contributed by atoms with Crippen LogP contribution >= 0.6 is 11.6 Å². The topological polar surface area (TPSA) is 17.1 Å². The maximum absolute atomic E-state index is 12.7. The Bertz CT molecular complexity index is 198. The molecule has 0 N–H and O–H groups in total. The first-order chi connectivity index (χ1) is 4.72. The van der Waals surface area contributed by atoms with Gasteiger partial charge in [-0.1, -0.05) is 18.2 Å². The molecule has 1 aliphatic rings. The van der Waals surface area contributed by atoms with Gasteiger partial charge < -0.3 is 0 Å². The first-order valence-electron chi connectivity index (χ1n) is 2.90. The molecular formula is C7H6ClFO. The maximum Gasteiger partial charge on any atom is 0.231 e. The quantitative estimate of drug-likeness (QED) is 0.535. The van der Waals surface area contributed by atoms with Crippen LogP contribution in [0, 0.1) is 5.92 Å². The second-order valence-corrected chi connectivity index (χ2v) is 2.42. The third kappa shape index (κ3) is 1.45. The van der Waals surface area contributed by atoms with Gasteiger partial charge >= 0.3 is 0 Å². The highest BCUT2D eigenvalue weighted by molar-refractivity contribution is 6.64. The average molecular weight is 161 g/mol. The summed E-state index contributed by atoms with van der Waals surface area (Å²) < 4.78 is 12.7. The molecule has 0 bridgehead atoms. The van der Waals surface area contributed by atoms with Crippen molar-refractivity contribution in [2.24, 2.45) is 5.92 Å². The van der Waals surface area contributed by atoms with Crippen LogP contribution in [0.4, 0.5) is 4.39 Å². The highest BCUT2D eigenvalue weighted by Gasteiger charge is 2.23. The fraction of sp³-hybridized carbons (Fsp3) is 0.286. The van der Waals surface area contributed by atoms with Crippen LogP contribution in [-0.2, 0) is 4.79 Å². The molecule has 2 atom stereocenters. The van der Waals surface area contributed by atoms with Crippen molar-refractivity contribution in [3.63, 3.8) is 0 Å². The second-order valence-electron chi connectivity index (χ2n) is 2.04. The number of carbonyl (C=O) groups excluding carboxylic acids is 1. The number of rotatable bonds is 1. The Morgan fingerprint density at radius 2 is 2.00 bits per heavy atom.